The highest BCUT2D eigenvalue weighted by Crippen LogP contribution is 2.27. The van der Waals surface area contributed by atoms with Crippen molar-refractivity contribution in [2.75, 3.05) is 38.7 Å². The molecule has 0 spiro atoms. The molecule has 12 nitrogen and oxygen atoms in total. The smallest absolute Gasteiger partial charge is 0.349 e. The van der Waals surface area contributed by atoms with Crippen LogP contribution in [0.5, 0.6) is 5.75 Å². The Morgan fingerprint density at radius 1 is 1.23 bits per heavy atom. The number of phenolic OH excluding ortho intramolecular Hbond substituents is 1. The van der Waals surface area contributed by atoms with Crippen molar-refractivity contribution in [1.82, 2.24) is 15.1 Å². The predicted octanol–water partition coefficient (Wildman–Crippen LogP) is 3.74. The molecule has 0 atom stereocenters. The molecule has 0 saturated carbocycles. The average Bonchev–Trinajstić information content (AvgIpc) is 2.79. The number of carbonyl (C=O) groups excluding carboxylic acids is 2. The van der Waals surface area contributed by atoms with Crippen molar-refractivity contribution >= 4 is 39.1 Å². The van der Waals surface area contributed by atoms with Gasteiger partial charge in [0.05, 0.1) is 32.0 Å². The van der Waals surface area contributed by atoms with Crippen LogP contribution in [0, 0.1) is 11.1 Å². The van der Waals surface area contributed by atoms with Gasteiger partial charge in [-0.05, 0) is 19.1 Å². The zero-order valence-corrected chi connectivity index (χ0v) is 21.3. The molecule has 186 valence electrons. The fourth-order valence-electron chi connectivity index (χ4n) is 2.66. The molecule has 0 radical (unpaired) electrons. The normalized spacial score (nSPS) is 11.7. The Kier molecular flexibility index (Phi) is 12.4. The molecule has 0 saturated heterocycles. The molecule has 0 aliphatic rings. The molecule has 0 bridgehead atoms. The summed E-state index contributed by atoms with van der Waals surface area (Å²) in [5, 5.41) is 29.8. The number of nitrogens with zero attached hydrogens (tertiary/aromatic N) is 5. The van der Waals surface area contributed by atoms with Crippen LogP contribution in [0.4, 0.5) is 5.69 Å². The summed E-state index contributed by atoms with van der Waals surface area (Å²) in [5.41, 5.74) is 13.9. The number of allylic oxidation sites excluding steroid dienone is 2. The van der Waals surface area contributed by atoms with Gasteiger partial charge in [-0.3, -0.25) is 9.28 Å². The summed E-state index contributed by atoms with van der Waals surface area (Å²) in [4.78, 5) is 30.8. The third-order valence-electron chi connectivity index (χ3n) is 4.51. The van der Waals surface area contributed by atoms with Crippen molar-refractivity contribution in [2.24, 2.45) is 10.2 Å². The zero-order chi connectivity index (χ0) is 26.4. The maximum Gasteiger partial charge on any atom is 0.349 e. The standard InChI is InChI=1S/C21H26N8O4S2/c1-5-16(18(30)12-14(2)25-27-22)20(32)24-8-10-34-35-11-9-29(3,4)21(33)17-7-6-15(26-28-23)13-19(17)31/h5-7,12-13,22-23H,2,8-11H2,1,3-4H3/p+3. The van der Waals surface area contributed by atoms with Crippen LogP contribution in [0.15, 0.2) is 64.2 Å². The lowest BCUT2D eigenvalue weighted by Crippen LogP contribution is -2.47. The van der Waals surface area contributed by atoms with Crippen molar-refractivity contribution in [3.63, 3.8) is 0 Å². The lowest BCUT2D eigenvalue weighted by Gasteiger charge is -2.26. The number of amides is 2. The highest BCUT2D eigenvalue weighted by molar-refractivity contribution is 8.76. The molecule has 35 heavy (non-hydrogen) atoms. The topological polar surface area (TPSA) is 187 Å². The number of rotatable bonds is 13. The zero-order valence-electron chi connectivity index (χ0n) is 19.7. The Bertz CT molecular complexity index is 1120. The number of quaternary nitrogens is 1. The van der Waals surface area contributed by atoms with E-state index in [2.05, 4.69) is 31.9 Å². The molecular formula is C21H29N8O4S2+3. The van der Waals surface area contributed by atoms with E-state index in [1.807, 2.05) is 0 Å². The van der Waals surface area contributed by atoms with Crippen molar-refractivity contribution < 1.29 is 24.3 Å². The van der Waals surface area contributed by atoms with Gasteiger partial charge in [-0.1, -0.05) is 34.2 Å². The third-order valence-corrected chi connectivity index (χ3v) is 6.89. The van der Waals surface area contributed by atoms with Crippen LogP contribution in [0.25, 0.3) is 0 Å². The molecule has 2 amide bonds. The Morgan fingerprint density at radius 3 is 2.51 bits per heavy atom. The summed E-state index contributed by atoms with van der Waals surface area (Å²) in [6.45, 7) is 5.98. The molecule has 0 heterocycles. The second-order valence-electron chi connectivity index (χ2n) is 7.44. The number of hydrogen-bond donors (Lipinski definition) is 5. The lowest BCUT2D eigenvalue weighted by atomic mass is 10.1. The van der Waals surface area contributed by atoms with Crippen LogP contribution < -0.4 is 15.1 Å². The number of phenols is 1. The van der Waals surface area contributed by atoms with Crippen LogP contribution >= 0.6 is 21.6 Å². The van der Waals surface area contributed by atoms with Gasteiger partial charge in [0.2, 0.25) is 9.82 Å². The SMILES string of the molecule is C=C(C=C(O)C(=CC)C(=O)NCCSSCC[N+](C)(C)C(=O)c1ccc(N=[N+]=N)cc1O)N=[N+]=N. The van der Waals surface area contributed by atoms with Gasteiger partial charge in [0.1, 0.15) is 33.8 Å². The van der Waals surface area contributed by atoms with Crippen LogP contribution in [0.1, 0.15) is 17.3 Å². The molecule has 1 aromatic carbocycles. The van der Waals surface area contributed by atoms with E-state index in [0.29, 0.717) is 24.6 Å². The summed E-state index contributed by atoms with van der Waals surface area (Å²) in [6, 6.07) is 4.27. The molecule has 5 N–H and O–H groups in total. The molecule has 1 rings (SSSR count). The van der Waals surface area contributed by atoms with E-state index < -0.39 is 5.91 Å². The van der Waals surface area contributed by atoms with Gasteiger partial charge in [-0.2, -0.15) is 0 Å². The maximum atomic E-state index is 12.8. The Hall–Kier alpha value is -3.54. The number of hydrogen-bond acceptors (Lipinski definition) is 10. The van der Waals surface area contributed by atoms with Crippen molar-refractivity contribution in [1.29, 1.82) is 11.1 Å². The van der Waals surface area contributed by atoms with E-state index >= 15 is 0 Å². The largest absolute Gasteiger partial charge is 0.507 e. The molecule has 0 aromatic heterocycles. The number of aliphatic hydroxyl groups is 1. The van der Waals surface area contributed by atoms with Gasteiger partial charge >= 0.3 is 5.91 Å². The first-order valence-corrected chi connectivity index (χ1v) is 12.7. The average molecular weight is 522 g/mol. The van der Waals surface area contributed by atoms with Crippen LogP contribution in [0.3, 0.4) is 0 Å². The predicted molar refractivity (Wildman–Crippen MR) is 135 cm³/mol. The van der Waals surface area contributed by atoms with E-state index in [0.717, 1.165) is 6.08 Å². The Balaban J connectivity index is 2.47. The van der Waals surface area contributed by atoms with Gasteiger partial charge in [0.15, 0.2) is 15.9 Å². The first-order valence-electron chi connectivity index (χ1n) is 10.2. The molecule has 0 aliphatic carbocycles. The minimum atomic E-state index is -0.458. The van der Waals surface area contributed by atoms with Gasteiger partial charge in [-0.25, -0.2) is 4.79 Å². The lowest BCUT2D eigenvalue weighted by molar-refractivity contribution is -0.804. The second-order valence-corrected chi connectivity index (χ2v) is 10.1. The first-order chi connectivity index (χ1) is 16.6. The highest BCUT2D eigenvalue weighted by atomic mass is 33.1. The summed E-state index contributed by atoms with van der Waals surface area (Å²) in [7, 11) is 6.59. The van der Waals surface area contributed by atoms with E-state index in [4.69, 9.17) is 11.1 Å². The summed E-state index contributed by atoms with van der Waals surface area (Å²) in [6.07, 6.45) is 2.60. The van der Waals surface area contributed by atoms with Crippen LogP contribution in [-0.4, -0.2) is 65.2 Å². The Morgan fingerprint density at radius 2 is 1.91 bits per heavy atom. The number of benzene rings is 1. The van der Waals surface area contributed by atoms with Crippen molar-refractivity contribution in [3.8, 4) is 5.75 Å². The quantitative estimate of drug-likeness (QED) is 0.0384. The molecule has 0 unspecified atom stereocenters. The number of aliphatic hydroxyl groups excluding tert-OH is 1. The summed E-state index contributed by atoms with van der Waals surface area (Å²) >= 11 is 0. The number of carbonyl (C=O) groups is 2. The molecule has 1 aromatic rings. The van der Waals surface area contributed by atoms with E-state index in [9.17, 15) is 19.8 Å². The van der Waals surface area contributed by atoms with Crippen LogP contribution in [-0.2, 0) is 4.79 Å². The Labute approximate surface area is 210 Å². The van der Waals surface area contributed by atoms with E-state index in [1.54, 1.807) is 31.8 Å². The third kappa shape index (κ3) is 9.69. The fourth-order valence-corrected chi connectivity index (χ4v) is 4.79. The molecular weight excluding hydrogens is 492 g/mol. The molecule has 0 aliphatic heterocycles. The van der Waals surface area contributed by atoms with Gasteiger partial charge < -0.3 is 15.5 Å². The van der Waals surface area contributed by atoms with Crippen molar-refractivity contribution in [3.05, 3.63) is 59.5 Å². The van der Waals surface area contributed by atoms with E-state index in [1.165, 1.54) is 35.1 Å². The molecule has 0 fully saturated rings. The summed E-state index contributed by atoms with van der Waals surface area (Å²) < 4.78 is 0.0263. The van der Waals surface area contributed by atoms with Crippen LogP contribution in [0.2, 0.25) is 0 Å². The minimum Gasteiger partial charge on any atom is -0.507 e. The maximum absolute atomic E-state index is 12.8. The van der Waals surface area contributed by atoms with Gasteiger partial charge in [0.25, 0.3) is 5.91 Å². The van der Waals surface area contributed by atoms with Crippen molar-refractivity contribution in [2.45, 2.75) is 6.92 Å². The highest BCUT2D eigenvalue weighted by Gasteiger charge is 2.30. The van der Waals surface area contributed by atoms with Gasteiger partial charge in [-0.15, -0.1) is 0 Å². The van der Waals surface area contributed by atoms with E-state index in [-0.39, 0.29) is 44.4 Å². The second kappa shape index (κ2) is 14.7. The number of nitrogens with one attached hydrogen (secondary N) is 3. The first kappa shape index (κ1) is 29.5. The monoisotopic (exact) mass is 521 g/mol. The minimum absolute atomic E-state index is 0.0263. The van der Waals surface area contributed by atoms with Gasteiger partial charge in [0, 0.05) is 24.4 Å². The molecule has 14 heteroatoms. The fraction of sp³-hybridized carbons (Fsp3) is 0.333. The number of aromatic hydroxyl groups is 1. The summed E-state index contributed by atoms with van der Waals surface area (Å²) in [5.74, 6) is 0.00546.